The highest BCUT2D eigenvalue weighted by Crippen LogP contribution is 2.22. The summed E-state index contributed by atoms with van der Waals surface area (Å²) in [7, 11) is -3.57. The van der Waals surface area contributed by atoms with E-state index in [0.29, 0.717) is 43.9 Å². The topological polar surface area (TPSA) is 99.2 Å². The van der Waals surface area contributed by atoms with Crippen LogP contribution in [0.3, 0.4) is 0 Å². The normalized spacial score (nSPS) is 23.4. The molecule has 2 atom stereocenters. The van der Waals surface area contributed by atoms with E-state index in [0.717, 1.165) is 0 Å². The van der Waals surface area contributed by atoms with Gasteiger partial charge in [-0.05, 0) is 33.6 Å². The zero-order valence-electron chi connectivity index (χ0n) is 12.8. The fourth-order valence-corrected chi connectivity index (χ4v) is 4.49. The number of hydrogen-bond acceptors (Lipinski definition) is 5. The van der Waals surface area contributed by atoms with E-state index < -0.39 is 10.0 Å². The lowest BCUT2D eigenvalue weighted by Gasteiger charge is -2.27. The van der Waals surface area contributed by atoms with Crippen molar-refractivity contribution in [1.82, 2.24) is 14.5 Å². The second-order valence-electron chi connectivity index (χ2n) is 5.54. The van der Waals surface area contributed by atoms with Crippen LogP contribution in [0, 0.1) is 13.8 Å². The van der Waals surface area contributed by atoms with Crippen molar-refractivity contribution in [3.63, 3.8) is 0 Å². The molecule has 1 fully saturated rings. The SMILES string of the molecule is Cc1nn(CCN)c(C)c1S(=O)(=O)NC1CCOC(C)C1. The molecule has 1 saturated heterocycles. The molecule has 0 amide bonds. The van der Waals surface area contributed by atoms with Crippen molar-refractivity contribution in [3.8, 4) is 0 Å². The van der Waals surface area contributed by atoms with Crippen LogP contribution in [0.1, 0.15) is 31.2 Å². The largest absolute Gasteiger partial charge is 0.378 e. The summed E-state index contributed by atoms with van der Waals surface area (Å²) < 4.78 is 35.1. The van der Waals surface area contributed by atoms with E-state index in [1.54, 1.807) is 18.5 Å². The molecule has 1 aliphatic heterocycles. The minimum absolute atomic E-state index is 0.0774. The Morgan fingerprint density at radius 1 is 1.48 bits per heavy atom. The van der Waals surface area contributed by atoms with E-state index in [-0.39, 0.29) is 17.0 Å². The summed E-state index contributed by atoms with van der Waals surface area (Å²) in [6.07, 6.45) is 1.46. The Morgan fingerprint density at radius 2 is 2.19 bits per heavy atom. The summed E-state index contributed by atoms with van der Waals surface area (Å²) in [6.45, 7) is 6.94. The number of hydrogen-bond donors (Lipinski definition) is 2. The molecular weight excluding hydrogens is 292 g/mol. The lowest BCUT2D eigenvalue weighted by molar-refractivity contribution is 0.0173. The fourth-order valence-electron chi connectivity index (χ4n) is 2.79. The van der Waals surface area contributed by atoms with E-state index in [2.05, 4.69) is 9.82 Å². The first-order valence-corrected chi connectivity index (χ1v) is 8.71. The van der Waals surface area contributed by atoms with Crippen molar-refractivity contribution >= 4 is 10.0 Å². The van der Waals surface area contributed by atoms with E-state index in [1.807, 2.05) is 6.92 Å². The van der Waals surface area contributed by atoms with E-state index >= 15 is 0 Å². The predicted molar refractivity (Wildman–Crippen MR) is 79.5 cm³/mol. The van der Waals surface area contributed by atoms with Gasteiger partial charge in [-0.2, -0.15) is 5.10 Å². The molecule has 1 aromatic rings. The second kappa shape index (κ2) is 6.43. The van der Waals surface area contributed by atoms with E-state index in [4.69, 9.17) is 10.5 Å². The lowest BCUT2D eigenvalue weighted by Crippen LogP contribution is -2.41. The first-order chi connectivity index (χ1) is 9.85. The molecule has 120 valence electrons. The minimum Gasteiger partial charge on any atom is -0.378 e. The molecule has 0 saturated carbocycles. The van der Waals surface area contributed by atoms with Crippen molar-refractivity contribution in [1.29, 1.82) is 0 Å². The maximum Gasteiger partial charge on any atom is 0.244 e. The van der Waals surface area contributed by atoms with Crippen LogP contribution in [-0.2, 0) is 21.3 Å². The van der Waals surface area contributed by atoms with Crippen molar-refractivity contribution in [2.45, 2.75) is 57.2 Å². The highest BCUT2D eigenvalue weighted by atomic mass is 32.2. The molecule has 2 rings (SSSR count). The van der Waals surface area contributed by atoms with Gasteiger partial charge in [0.2, 0.25) is 10.0 Å². The Bertz CT molecular complexity index is 597. The Hall–Kier alpha value is -0.960. The third-order valence-electron chi connectivity index (χ3n) is 3.73. The number of rotatable bonds is 5. The van der Waals surface area contributed by atoms with Crippen molar-refractivity contribution < 1.29 is 13.2 Å². The average Bonchev–Trinajstić information content (AvgIpc) is 2.64. The maximum absolute atomic E-state index is 12.6. The molecule has 1 aromatic heterocycles. The molecule has 0 spiro atoms. The summed E-state index contributed by atoms with van der Waals surface area (Å²) >= 11 is 0. The smallest absolute Gasteiger partial charge is 0.244 e. The predicted octanol–water partition coefficient (Wildman–Crippen LogP) is 0.304. The monoisotopic (exact) mass is 316 g/mol. The molecule has 0 radical (unpaired) electrons. The van der Waals surface area contributed by atoms with Crippen molar-refractivity contribution in [2.24, 2.45) is 5.73 Å². The van der Waals surface area contributed by atoms with Crippen LogP contribution in [0.4, 0.5) is 0 Å². The van der Waals surface area contributed by atoms with Gasteiger partial charge in [0.15, 0.2) is 0 Å². The third kappa shape index (κ3) is 3.63. The maximum atomic E-state index is 12.6. The van der Waals surface area contributed by atoms with Gasteiger partial charge in [0.05, 0.1) is 24.0 Å². The van der Waals surface area contributed by atoms with Crippen LogP contribution >= 0.6 is 0 Å². The first-order valence-electron chi connectivity index (χ1n) is 7.23. The van der Waals surface area contributed by atoms with Crippen LogP contribution < -0.4 is 10.5 Å². The standard InChI is InChI=1S/C13H24N4O3S/c1-9-8-12(4-7-20-9)16-21(18,19)13-10(2)15-17(6-5-14)11(13)3/h9,12,16H,4-8,14H2,1-3H3. The number of nitrogens with zero attached hydrogens (tertiary/aromatic N) is 2. The number of aryl methyl sites for hydroxylation is 1. The molecule has 3 N–H and O–H groups in total. The third-order valence-corrected chi connectivity index (χ3v) is 5.50. The van der Waals surface area contributed by atoms with Crippen LogP contribution in [0.25, 0.3) is 0 Å². The quantitative estimate of drug-likeness (QED) is 0.814. The first kappa shape index (κ1) is 16.4. The van der Waals surface area contributed by atoms with Crippen molar-refractivity contribution in [2.75, 3.05) is 13.2 Å². The Balaban J connectivity index is 2.23. The van der Waals surface area contributed by atoms with Gasteiger partial charge in [0, 0.05) is 19.2 Å². The molecule has 0 bridgehead atoms. The number of sulfonamides is 1. The zero-order chi connectivity index (χ0) is 15.6. The van der Waals surface area contributed by atoms with Gasteiger partial charge in [-0.15, -0.1) is 0 Å². The number of nitrogens with one attached hydrogen (secondary N) is 1. The van der Waals surface area contributed by atoms with Crippen molar-refractivity contribution in [3.05, 3.63) is 11.4 Å². The van der Waals surface area contributed by atoms with Crippen LogP contribution in [0.15, 0.2) is 4.90 Å². The number of aromatic nitrogens is 2. The summed E-state index contributed by atoms with van der Waals surface area (Å²) in [5, 5.41) is 4.27. The lowest BCUT2D eigenvalue weighted by atomic mass is 10.1. The van der Waals surface area contributed by atoms with Crippen LogP contribution in [0.2, 0.25) is 0 Å². The summed E-state index contributed by atoms with van der Waals surface area (Å²) in [5.74, 6) is 0. The van der Waals surface area contributed by atoms with Crippen LogP contribution in [-0.4, -0.2) is 43.5 Å². The Kier molecular flexibility index (Phi) is 5.03. The highest BCUT2D eigenvalue weighted by molar-refractivity contribution is 7.89. The van der Waals surface area contributed by atoms with Gasteiger partial charge in [0.25, 0.3) is 0 Å². The molecule has 0 aromatic carbocycles. The van der Waals surface area contributed by atoms with Gasteiger partial charge in [-0.3, -0.25) is 4.68 Å². The fraction of sp³-hybridized carbons (Fsp3) is 0.769. The summed E-state index contributed by atoms with van der Waals surface area (Å²) in [4.78, 5) is 0.273. The molecule has 7 nitrogen and oxygen atoms in total. The Labute approximate surface area is 125 Å². The van der Waals surface area contributed by atoms with Gasteiger partial charge in [-0.25, -0.2) is 13.1 Å². The average molecular weight is 316 g/mol. The zero-order valence-corrected chi connectivity index (χ0v) is 13.6. The molecule has 1 aliphatic rings. The van der Waals surface area contributed by atoms with Gasteiger partial charge >= 0.3 is 0 Å². The molecule has 2 heterocycles. The van der Waals surface area contributed by atoms with E-state index in [1.165, 1.54) is 0 Å². The summed E-state index contributed by atoms with van der Waals surface area (Å²) in [6, 6.07) is -0.0876. The Morgan fingerprint density at radius 3 is 2.81 bits per heavy atom. The number of ether oxygens (including phenoxy) is 1. The second-order valence-corrected chi connectivity index (χ2v) is 7.19. The van der Waals surface area contributed by atoms with Gasteiger partial charge in [0.1, 0.15) is 4.90 Å². The summed E-state index contributed by atoms with van der Waals surface area (Å²) in [5.41, 5.74) is 6.66. The number of nitrogens with two attached hydrogens (primary N) is 1. The molecule has 8 heteroatoms. The van der Waals surface area contributed by atoms with E-state index in [9.17, 15) is 8.42 Å². The molecule has 2 unspecified atom stereocenters. The molecule has 0 aliphatic carbocycles. The van der Waals surface area contributed by atoms with Crippen LogP contribution in [0.5, 0.6) is 0 Å². The van der Waals surface area contributed by atoms with Gasteiger partial charge < -0.3 is 10.5 Å². The van der Waals surface area contributed by atoms with Gasteiger partial charge in [-0.1, -0.05) is 0 Å². The minimum atomic E-state index is -3.57. The molecule has 21 heavy (non-hydrogen) atoms. The molecular formula is C13H24N4O3S. The highest BCUT2D eigenvalue weighted by Gasteiger charge is 2.29.